The number of fused-ring (bicyclic) bond motifs is 3. The highest BCUT2D eigenvalue weighted by molar-refractivity contribution is 5.78. The maximum atomic E-state index is 4.39. The van der Waals surface area contributed by atoms with Crippen molar-refractivity contribution in [2.24, 2.45) is 5.10 Å². The van der Waals surface area contributed by atoms with Gasteiger partial charge in [-0.2, -0.15) is 5.10 Å². The van der Waals surface area contributed by atoms with Gasteiger partial charge in [-0.05, 0) is 23.8 Å². The lowest BCUT2D eigenvalue weighted by Crippen LogP contribution is -2.26. The summed E-state index contributed by atoms with van der Waals surface area (Å²) in [7, 11) is 0. The second-order valence-corrected chi connectivity index (χ2v) is 3.46. The number of nitrogens with zero attached hydrogens (tertiary/aromatic N) is 1. The van der Waals surface area contributed by atoms with Crippen molar-refractivity contribution in [2.75, 3.05) is 6.54 Å². The molecule has 3 heteroatoms. The minimum atomic E-state index is 0.917. The molecule has 1 aromatic carbocycles. The molecule has 0 unspecified atom stereocenters. The Morgan fingerprint density at radius 3 is 3.21 bits per heavy atom. The number of benzene rings is 1. The molecule has 1 aromatic heterocycles. The molecular formula is C11H11N3. The van der Waals surface area contributed by atoms with Gasteiger partial charge in [-0.1, -0.05) is 12.1 Å². The Balaban J connectivity index is 2.55. The number of aromatic nitrogens is 1. The van der Waals surface area contributed by atoms with E-state index < -0.39 is 0 Å². The van der Waals surface area contributed by atoms with Crippen molar-refractivity contribution in [3.63, 3.8) is 0 Å². The summed E-state index contributed by atoms with van der Waals surface area (Å²) < 4.78 is 0. The van der Waals surface area contributed by atoms with Gasteiger partial charge >= 0.3 is 0 Å². The summed E-state index contributed by atoms with van der Waals surface area (Å²) in [5.41, 5.74) is 4.21. The fourth-order valence-corrected chi connectivity index (χ4v) is 1.85. The highest BCUT2D eigenvalue weighted by Crippen LogP contribution is 2.03. The molecule has 0 radical (unpaired) electrons. The summed E-state index contributed by atoms with van der Waals surface area (Å²) in [4.78, 5) is 3.19. The molecule has 0 aliphatic carbocycles. The molecule has 0 atom stereocenters. The average Bonchev–Trinajstić information content (AvgIpc) is 2.55. The van der Waals surface area contributed by atoms with Gasteiger partial charge in [-0.3, -0.25) is 0 Å². The third-order valence-corrected chi connectivity index (χ3v) is 2.55. The predicted octanol–water partition coefficient (Wildman–Crippen LogP) is 0.476. The maximum Gasteiger partial charge on any atom is 0.0991 e. The van der Waals surface area contributed by atoms with E-state index in [1.165, 1.54) is 10.6 Å². The van der Waals surface area contributed by atoms with Crippen molar-refractivity contribution in [1.82, 2.24) is 10.4 Å². The molecule has 0 amide bonds. The molecule has 0 spiro atoms. The average molecular weight is 185 g/mol. The first kappa shape index (κ1) is 7.62. The van der Waals surface area contributed by atoms with Gasteiger partial charge in [0.05, 0.1) is 5.36 Å². The molecule has 70 valence electrons. The number of hydrogen-bond donors (Lipinski definition) is 2. The van der Waals surface area contributed by atoms with Crippen molar-refractivity contribution in [3.8, 4) is 0 Å². The van der Waals surface area contributed by atoms with E-state index in [2.05, 4.69) is 39.8 Å². The van der Waals surface area contributed by atoms with Crippen LogP contribution in [0, 0.1) is 0 Å². The molecular weight excluding hydrogens is 174 g/mol. The standard InChI is InChI=1S/C11H11N3/c1-2-8-3-4-10-9(5-7-12-10)11(8)14-13-6-1/h2-5,7,12-13H,1,6H2. The second-order valence-electron chi connectivity index (χ2n) is 3.46. The largest absolute Gasteiger partial charge is 0.361 e. The summed E-state index contributed by atoms with van der Waals surface area (Å²) >= 11 is 0. The Morgan fingerprint density at radius 1 is 1.21 bits per heavy atom. The lowest BCUT2D eigenvalue weighted by atomic mass is 10.2. The molecule has 0 saturated carbocycles. The molecule has 0 fully saturated rings. The summed E-state index contributed by atoms with van der Waals surface area (Å²) in [5, 5.41) is 7.85. The predicted molar refractivity (Wildman–Crippen MR) is 56.2 cm³/mol. The minimum absolute atomic E-state index is 0.917. The van der Waals surface area contributed by atoms with E-state index in [9.17, 15) is 0 Å². The quantitative estimate of drug-likeness (QED) is 0.615. The molecule has 2 N–H and O–H groups in total. The van der Waals surface area contributed by atoms with E-state index in [1.54, 1.807) is 0 Å². The first-order valence-corrected chi connectivity index (χ1v) is 4.82. The molecule has 1 aliphatic rings. The SMILES string of the molecule is C1=c2ccc3[nH]ccc3c2=NNCC1. The van der Waals surface area contributed by atoms with Crippen molar-refractivity contribution in [2.45, 2.75) is 6.42 Å². The van der Waals surface area contributed by atoms with Crippen LogP contribution < -0.4 is 16.0 Å². The van der Waals surface area contributed by atoms with Crippen LogP contribution in [0.5, 0.6) is 0 Å². The van der Waals surface area contributed by atoms with E-state index in [0.717, 1.165) is 23.8 Å². The Labute approximate surface area is 81.1 Å². The number of nitrogens with one attached hydrogen (secondary N) is 2. The molecule has 0 saturated heterocycles. The van der Waals surface area contributed by atoms with Crippen LogP contribution in [0.4, 0.5) is 0 Å². The van der Waals surface area contributed by atoms with Crippen LogP contribution in [0.15, 0.2) is 29.5 Å². The van der Waals surface area contributed by atoms with E-state index in [1.807, 2.05) is 6.20 Å². The first-order valence-electron chi connectivity index (χ1n) is 4.82. The van der Waals surface area contributed by atoms with E-state index in [0.29, 0.717) is 0 Å². The van der Waals surface area contributed by atoms with Crippen molar-refractivity contribution in [3.05, 3.63) is 35.0 Å². The van der Waals surface area contributed by atoms with Gasteiger partial charge in [0.1, 0.15) is 0 Å². The van der Waals surface area contributed by atoms with Gasteiger partial charge in [0.15, 0.2) is 0 Å². The van der Waals surface area contributed by atoms with Crippen molar-refractivity contribution in [1.29, 1.82) is 0 Å². The van der Waals surface area contributed by atoms with Crippen LogP contribution >= 0.6 is 0 Å². The zero-order chi connectivity index (χ0) is 9.38. The van der Waals surface area contributed by atoms with Crippen LogP contribution in [0.1, 0.15) is 6.42 Å². The number of aromatic amines is 1. The summed E-state index contributed by atoms with van der Waals surface area (Å²) in [6.07, 6.45) is 5.21. The summed E-state index contributed by atoms with van der Waals surface area (Å²) in [6.45, 7) is 0.917. The Bertz CT molecular complexity index is 580. The van der Waals surface area contributed by atoms with Crippen LogP contribution in [0.3, 0.4) is 0 Å². The van der Waals surface area contributed by atoms with E-state index in [4.69, 9.17) is 0 Å². The fraction of sp³-hybridized carbons (Fsp3) is 0.182. The molecule has 14 heavy (non-hydrogen) atoms. The normalized spacial score (nSPS) is 14.9. The maximum absolute atomic E-state index is 4.39. The monoisotopic (exact) mass is 185 g/mol. The van der Waals surface area contributed by atoms with Crippen LogP contribution in [0.25, 0.3) is 17.0 Å². The zero-order valence-electron chi connectivity index (χ0n) is 7.75. The van der Waals surface area contributed by atoms with Gasteiger partial charge in [-0.25, -0.2) is 0 Å². The topological polar surface area (TPSA) is 40.2 Å². The fourth-order valence-electron chi connectivity index (χ4n) is 1.85. The van der Waals surface area contributed by atoms with Gasteiger partial charge < -0.3 is 10.4 Å². The second kappa shape index (κ2) is 2.87. The van der Waals surface area contributed by atoms with Crippen LogP contribution in [0.2, 0.25) is 0 Å². The first-order chi connectivity index (χ1) is 6.95. The molecule has 2 heterocycles. The highest BCUT2D eigenvalue weighted by atomic mass is 15.3. The zero-order valence-corrected chi connectivity index (χ0v) is 7.75. The van der Waals surface area contributed by atoms with Gasteiger partial charge in [0.2, 0.25) is 0 Å². The summed E-state index contributed by atoms with van der Waals surface area (Å²) in [5.74, 6) is 0. The number of H-pyrrole nitrogens is 1. The van der Waals surface area contributed by atoms with E-state index in [-0.39, 0.29) is 0 Å². The molecule has 2 aromatic rings. The lowest BCUT2D eigenvalue weighted by Gasteiger charge is -1.92. The Morgan fingerprint density at radius 2 is 2.21 bits per heavy atom. The Kier molecular flexibility index (Phi) is 1.56. The number of rotatable bonds is 0. The van der Waals surface area contributed by atoms with Gasteiger partial charge in [0.25, 0.3) is 0 Å². The smallest absolute Gasteiger partial charge is 0.0991 e. The molecule has 1 aliphatic heterocycles. The summed E-state index contributed by atoms with van der Waals surface area (Å²) in [6, 6.07) is 6.29. The minimum Gasteiger partial charge on any atom is -0.361 e. The lowest BCUT2D eigenvalue weighted by molar-refractivity contribution is 0.739. The number of hydrogen-bond acceptors (Lipinski definition) is 2. The van der Waals surface area contributed by atoms with Crippen LogP contribution in [-0.4, -0.2) is 11.5 Å². The van der Waals surface area contributed by atoms with Crippen LogP contribution in [-0.2, 0) is 0 Å². The van der Waals surface area contributed by atoms with Crippen molar-refractivity contribution >= 4 is 17.0 Å². The highest BCUT2D eigenvalue weighted by Gasteiger charge is 2.00. The molecule has 0 bridgehead atoms. The van der Waals surface area contributed by atoms with Gasteiger partial charge in [0, 0.05) is 23.6 Å². The van der Waals surface area contributed by atoms with E-state index >= 15 is 0 Å². The van der Waals surface area contributed by atoms with Crippen molar-refractivity contribution < 1.29 is 0 Å². The molecule has 3 rings (SSSR count). The molecule has 3 nitrogen and oxygen atoms in total. The third-order valence-electron chi connectivity index (χ3n) is 2.55. The third kappa shape index (κ3) is 1.02. The Hall–Kier alpha value is -1.77. The van der Waals surface area contributed by atoms with Gasteiger partial charge in [-0.15, -0.1) is 0 Å².